The monoisotopic (exact) mass is 667 g/mol. The highest BCUT2D eigenvalue weighted by atomic mass is 32.1. The number of carbonyl (C=O) groups excluding carboxylic acids is 1. The third kappa shape index (κ3) is 9.02. The molecule has 0 saturated carbocycles. The molecule has 1 heterocycles. The Morgan fingerprint density at radius 2 is 1.81 bits per heavy atom. The van der Waals surface area contributed by atoms with Gasteiger partial charge >= 0.3 is 6.18 Å². The van der Waals surface area contributed by atoms with Gasteiger partial charge in [0.2, 0.25) is 0 Å². The molecular formula is C34H32F3N3O6S. The molecule has 47 heavy (non-hydrogen) atoms. The summed E-state index contributed by atoms with van der Waals surface area (Å²) in [4.78, 5) is 26.8. The Hall–Kier alpha value is -5.06. The molecule has 0 spiro atoms. The lowest BCUT2D eigenvalue weighted by Gasteiger charge is -2.13. The molecule has 1 N–H and O–H groups in total. The number of rotatable bonds is 13. The largest absolute Gasteiger partial charge is 0.497 e. The van der Waals surface area contributed by atoms with E-state index in [0.29, 0.717) is 47.9 Å². The number of halogens is 3. The summed E-state index contributed by atoms with van der Waals surface area (Å²) >= 11 is 1.00. The van der Waals surface area contributed by atoms with Gasteiger partial charge in [-0.25, -0.2) is 0 Å². The number of carbonyl (C=O) groups is 1. The first-order valence-electron chi connectivity index (χ1n) is 14.4. The molecule has 1 aromatic heterocycles. The van der Waals surface area contributed by atoms with Gasteiger partial charge in [-0.15, -0.1) is 11.3 Å². The normalized spacial score (nSPS) is 12.3. The van der Waals surface area contributed by atoms with E-state index in [2.05, 4.69) is 5.32 Å². The lowest BCUT2D eigenvalue weighted by atomic mass is 10.1. The molecule has 4 aromatic rings. The second-order valence-electron chi connectivity index (χ2n) is 9.99. The second-order valence-corrected chi connectivity index (χ2v) is 11.0. The molecule has 0 saturated heterocycles. The molecular weight excluding hydrogens is 635 g/mol. The van der Waals surface area contributed by atoms with Crippen molar-refractivity contribution >= 4 is 34.6 Å². The van der Waals surface area contributed by atoms with E-state index in [4.69, 9.17) is 18.9 Å². The van der Waals surface area contributed by atoms with Crippen LogP contribution in [0.4, 0.5) is 18.9 Å². The summed E-state index contributed by atoms with van der Waals surface area (Å²) < 4.78 is 62.9. The third-order valence-electron chi connectivity index (χ3n) is 6.82. The Balaban J connectivity index is 1.68. The number of anilines is 1. The van der Waals surface area contributed by atoms with E-state index in [1.165, 1.54) is 30.9 Å². The number of ether oxygens (including phenoxy) is 4. The number of hydrogen-bond donors (Lipinski definition) is 1. The van der Waals surface area contributed by atoms with Crippen molar-refractivity contribution in [2.45, 2.75) is 32.7 Å². The minimum absolute atomic E-state index is 0.130. The van der Waals surface area contributed by atoms with Gasteiger partial charge in [0.15, 0.2) is 17.1 Å². The lowest BCUT2D eigenvalue weighted by molar-refractivity contribution is -0.137. The van der Waals surface area contributed by atoms with Crippen LogP contribution in [0.1, 0.15) is 30.0 Å². The zero-order chi connectivity index (χ0) is 34.0. The Kier molecular flexibility index (Phi) is 11.8. The molecule has 246 valence electrons. The zero-order valence-corrected chi connectivity index (χ0v) is 26.7. The van der Waals surface area contributed by atoms with Crippen LogP contribution in [0.2, 0.25) is 0 Å². The van der Waals surface area contributed by atoms with Gasteiger partial charge in [-0.1, -0.05) is 18.2 Å². The van der Waals surface area contributed by atoms with Crippen LogP contribution >= 0.6 is 11.3 Å². The number of benzene rings is 3. The Bertz CT molecular complexity index is 1930. The van der Waals surface area contributed by atoms with Crippen molar-refractivity contribution in [1.82, 2.24) is 4.57 Å². The van der Waals surface area contributed by atoms with E-state index in [1.807, 2.05) is 13.0 Å². The first-order valence-corrected chi connectivity index (χ1v) is 15.3. The van der Waals surface area contributed by atoms with Crippen LogP contribution in [0.15, 0.2) is 71.5 Å². The highest BCUT2D eigenvalue weighted by Gasteiger charge is 2.30. The number of alkyl halides is 3. The number of amides is 1. The molecule has 0 radical (unpaired) electrons. The zero-order valence-electron chi connectivity index (χ0n) is 25.8. The Labute approximate surface area is 272 Å². The van der Waals surface area contributed by atoms with Crippen LogP contribution in [0.3, 0.4) is 0 Å². The number of thiazole rings is 1. The number of nitriles is 1. The van der Waals surface area contributed by atoms with Crippen molar-refractivity contribution < 1.29 is 36.9 Å². The maximum atomic E-state index is 13.6. The van der Waals surface area contributed by atoms with Crippen LogP contribution in [0.5, 0.6) is 17.2 Å². The van der Waals surface area contributed by atoms with Gasteiger partial charge in [0, 0.05) is 25.4 Å². The maximum Gasteiger partial charge on any atom is 0.416 e. The molecule has 13 heteroatoms. The van der Waals surface area contributed by atoms with Crippen LogP contribution < -0.4 is 34.3 Å². The average molecular weight is 668 g/mol. The molecule has 0 unspecified atom stereocenters. The second kappa shape index (κ2) is 16.0. The summed E-state index contributed by atoms with van der Waals surface area (Å²) in [6.07, 6.45) is -2.40. The summed E-state index contributed by atoms with van der Waals surface area (Å²) in [6.45, 7) is 2.83. The molecule has 0 atom stereocenters. The summed E-state index contributed by atoms with van der Waals surface area (Å²) in [5, 5.41) is 12.7. The summed E-state index contributed by atoms with van der Waals surface area (Å²) in [5.74, 6) is 0.509. The first kappa shape index (κ1) is 34.8. The van der Waals surface area contributed by atoms with Crippen LogP contribution in [0.25, 0.3) is 11.6 Å². The van der Waals surface area contributed by atoms with Gasteiger partial charge in [-0.3, -0.25) is 14.2 Å². The van der Waals surface area contributed by atoms with E-state index >= 15 is 0 Å². The molecule has 9 nitrogen and oxygen atoms in total. The molecule has 0 bridgehead atoms. The topological polar surface area (TPSA) is 112 Å². The minimum Gasteiger partial charge on any atom is -0.497 e. The quantitative estimate of drug-likeness (QED) is 0.198. The molecule has 4 rings (SSSR count). The van der Waals surface area contributed by atoms with Gasteiger partial charge in [-0.2, -0.15) is 18.4 Å². The molecule has 0 fully saturated rings. The highest BCUT2D eigenvalue weighted by Crippen LogP contribution is 2.31. The average Bonchev–Trinajstić information content (AvgIpc) is 3.36. The van der Waals surface area contributed by atoms with Gasteiger partial charge < -0.3 is 24.3 Å². The first-order chi connectivity index (χ1) is 22.6. The Morgan fingerprint density at radius 3 is 2.47 bits per heavy atom. The van der Waals surface area contributed by atoms with Gasteiger partial charge in [0.05, 0.1) is 24.3 Å². The predicted molar refractivity (Wildman–Crippen MR) is 172 cm³/mol. The fraction of sp³-hybridized carbons (Fsp3) is 0.265. The maximum absolute atomic E-state index is 13.6. The van der Waals surface area contributed by atoms with E-state index in [9.17, 15) is 28.0 Å². The minimum atomic E-state index is -4.47. The fourth-order valence-electron chi connectivity index (χ4n) is 4.48. The van der Waals surface area contributed by atoms with E-state index in [1.54, 1.807) is 48.5 Å². The Morgan fingerprint density at radius 1 is 1.04 bits per heavy atom. The molecule has 3 aromatic carbocycles. The SMILES string of the molecule is CCOCCCn1c(=O)/c(=C/c2ccc(OCc3cccc(C(F)(F)F)c3)c(OC)c2)s/c1=C(\C#N)C(=O)Nc1ccc(OC)cc1. The summed E-state index contributed by atoms with van der Waals surface area (Å²) in [7, 11) is 2.94. The number of hydrogen-bond acceptors (Lipinski definition) is 8. The van der Waals surface area contributed by atoms with Crippen molar-refractivity contribution in [3.8, 4) is 23.3 Å². The number of nitrogens with zero attached hydrogens (tertiary/aromatic N) is 2. The van der Waals surface area contributed by atoms with Crippen molar-refractivity contribution in [1.29, 1.82) is 5.26 Å². The number of nitrogens with one attached hydrogen (secondary N) is 1. The van der Waals surface area contributed by atoms with Crippen molar-refractivity contribution in [2.75, 3.05) is 32.8 Å². The number of aromatic nitrogens is 1. The van der Waals surface area contributed by atoms with Crippen molar-refractivity contribution in [2.24, 2.45) is 0 Å². The standard InChI is InChI=1S/C34H32F3N3O6S/c1-4-45-16-6-15-40-32(42)30(47-33(40)27(20-38)31(41)39-25-10-12-26(43-2)13-11-25)19-22-9-14-28(29(18-22)44-3)46-21-23-7-5-8-24(17-23)34(35,36)37/h5,7-14,17-19H,4,6,15-16,21H2,1-3H3,(H,39,41)/b30-19-,33-27+. The van der Waals surface area contributed by atoms with Crippen LogP contribution in [-0.4, -0.2) is 37.9 Å². The molecule has 0 aliphatic rings. The van der Waals surface area contributed by atoms with Crippen LogP contribution in [-0.2, 0) is 28.9 Å². The predicted octanol–water partition coefficient (Wildman–Crippen LogP) is 5.09. The van der Waals surface area contributed by atoms with Crippen molar-refractivity contribution in [3.63, 3.8) is 0 Å². The number of methoxy groups -OCH3 is 2. The smallest absolute Gasteiger partial charge is 0.416 e. The molecule has 0 aliphatic heterocycles. The molecule has 1 amide bonds. The van der Waals surface area contributed by atoms with Crippen LogP contribution in [0, 0.1) is 11.3 Å². The van der Waals surface area contributed by atoms with Gasteiger partial charge in [0.25, 0.3) is 11.5 Å². The lowest BCUT2D eigenvalue weighted by Crippen LogP contribution is -2.34. The summed E-state index contributed by atoms with van der Waals surface area (Å²) in [6, 6.07) is 18.3. The summed E-state index contributed by atoms with van der Waals surface area (Å²) in [5.41, 5.74) is -0.0656. The van der Waals surface area contributed by atoms with Gasteiger partial charge in [-0.05, 0) is 79.1 Å². The van der Waals surface area contributed by atoms with Crippen molar-refractivity contribution in [3.05, 3.63) is 103 Å². The molecule has 0 aliphatic carbocycles. The highest BCUT2D eigenvalue weighted by molar-refractivity contribution is 7.07. The van der Waals surface area contributed by atoms with Gasteiger partial charge in [0.1, 0.15) is 23.1 Å². The fourth-order valence-corrected chi connectivity index (χ4v) is 5.61. The third-order valence-corrected chi connectivity index (χ3v) is 7.95. The van der Waals surface area contributed by atoms with E-state index in [0.717, 1.165) is 23.5 Å². The van der Waals surface area contributed by atoms with E-state index in [-0.39, 0.29) is 33.7 Å². The van der Waals surface area contributed by atoms with E-state index < -0.39 is 23.2 Å².